The zero-order valence-corrected chi connectivity index (χ0v) is 14.5. The Morgan fingerprint density at radius 3 is 2.19 bits per heavy atom. The molecule has 26 heavy (non-hydrogen) atoms. The fourth-order valence-electron chi connectivity index (χ4n) is 2.95. The lowest BCUT2D eigenvalue weighted by Crippen LogP contribution is -2.17. The summed E-state index contributed by atoms with van der Waals surface area (Å²) < 4.78 is 5.45. The molecule has 0 saturated heterocycles. The molecule has 4 heteroatoms. The average molecular weight is 341 g/mol. The van der Waals surface area contributed by atoms with E-state index in [2.05, 4.69) is 17.4 Å². The first-order chi connectivity index (χ1) is 12.8. The summed E-state index contributed by atoms with van der Waals surface area (Å²) in [5.41, 5.74) is 4.70. The monoisotopic (exact) mass is 341 g/mol. The third-order valence-electron chi connectivity index (χ3n) is 4.22. The highest BCUT2D eigenvalue weighted by atomic mass is 16.5. The number of anilines is 1. The number of amidine groups is 1. The van der Waals surface area contributed by atoms with Crippen molar-refractivity contribution in [1.82, 2.24) is 0 Å². The lowest BCUT2D eigenvalue weighted by molar-refractivity contribution is 0.417. The summed E-state index contributed by atoms with van der Waals surface area (Å²) in [6.45, 7) is 0. The van der Waals surface area contributed by atoms with Crippen LogP contribution in [0.3, 0.4) is 0 Å². The van der Waals surface area contributed by atoms with Crippen molar-refractivity contribution in [2.45, 2.75) is 6.42 Å². The van der Waals surface area contributed by atoms with E-state index in [9.17, 15) is 0 Å². The standard InChI is InChI=1S/C22H19N3O/c1-26-21-14-8-7-13-19(21)25-22-15-20(16-9-3-2-4-10-16)23-17-11-5-6-12-18(17)24-22/h2-14H,15H2,1H3,(H,24,25). The number of methoxy groups -OCH3 is 1. The van der Waals surface area contributed by atoms with Crippen LogP contribution in [0.15, 0.2) is 88.8 Å². The zero-order chi connectivity index (χ0) is 17.8. The van der Waals surface area contributed by atoms with Gasteiger partial charge in [-0.2, -0.15) is 0 Å². The quantitative estimate of drug-likeness (QED) is 0.697. The second-order valence-corrected chi connectivity index (χ2v) is 5.97. The Labute approximate surface area is 152 Å². The molecule has 0 aromatic heterocycles. The number of fused-ring (bicyclic) bond motifs is 1. The van der Waals surface area contributed by atoms with Gasteiger partial charge in [-0.25, -0.2) is 4.99 Å². The Hall–Kier alpha value is -3.40. The van der Waals surface area contributed by atoms with Crippen molar-refractivity contribution in [2.75, 3.05) is 12.4 Å². The highest BCUT2D eigenvalue weighted by Crippen LogP contribution is 2.32. The number of ether oxygens (including phenoxy) is 1. The van der Waals surface area contributed by atoms with Crippen molar-refractivity contribution >= 4 is 28.6 Å². The van der Waals surface area contributed by atoms with Crippen LogP contribution in [0.4, 0.5) is 17.1 Å². The molecule has 4 nitrogen and oxygen atoms in total. The van der Waals surface area contributed by atoms with Crippen molar-refractivity contribution in [3.63, 3.8) is 0 Å². The SMILES string of the molecule is COc1ccccc1NC1=Nc2ccccc2N=C(c2ccccc2)C1. The van der Waals surface area contributed by atoms with Gasteiger partial charge < -0.3 is 10.1 Å². The minimum absolute atomic E-state index is 0.608. The van der Waals surface area contributed by atoms with Crippen LogP contribution < -0.4 is 10.1 Å². The van der Waals surface area contributed by atoms with Gasteiger partial charge in [-0.05, 0) is 29.8 Å². The molecule has 0 radical (unpaired) electrons. The van der Waals surface area contributed by atoms with Crippen LogP contribution in [-0.4, -0.2) is 18.7 Å². The normalized spacial score (nSPS) is 13.1. The molecule has 0 aliphatic carbocycles. The van der Waals surface area contributed by atoms with Gasteiger partial charge in [0, 0.05) is 6.42 Å². The molecule has 0 atom stereocenters. The van der Waals surface area contributed by atoms with E-state index in [1.165, 1.54) is 0 Å². The molecule has 0 bridgehead atoms. The molecule has 1 heterocycles. The summed E-state index contributed by atoms with van der Waals surface area (Å²) >= 11 is 0. The zero-order valence-electron chi connectivity index (χ0n) is 14.5. The minimum atomic E-state index is 0.608. The number of nitrogens with zero attached hydrogens (tertiary/aromatic N) is 2. The van der Waals surface area contributed by atoms with Crippen LogP contribution in [0.5, 0.6) is 5.75 Å². The van der Waals surface area contributed by atoms with E-state index in [4.69, 9.17) is 14.7 Å². The first kappa shape index (κ1) is 16.1. The Kier molecular flexibility index (Phi) is 4.48. The molecular formula is C22H19N3O. The Balaban J connectivity index is 1.76. The van der Waals surface area contributed by atoms with Crippen LogP contribution in [0.2, 0.25) is 0 Å². The Morgan fingerprint density at radius 1 is 0.769 bits per heavy atom. The first-order valence-electron chi connectivity index (χ1n) is 8.53. The maximum absolute atomic E-state index is 5.45. The third-order valence-corrected chi connectivity index (χ3v) is 4.22. The van der Waals surface area contributed by atoms with Crippen LogP contribution in [0.25, 0.3) is 0 Å². The predicted octanol–water partition coefficient (Wildman–Crippen LogP) is 5.36. The van der Waals surface area contributed by atoms with Gasteiger partial charge in [0.15, 0.2) is 0 Å². The minimum Gasteiger partial charge on any atom is -0.495 e. The topological polar surface area (TPSA) is 46.0 Å². The lowest BCUT2D eigenvalue weighted by Gasteiger charge is -2.13. The van der Waals surface area contributed by atoms with E-state index < -0.39 is 0 Å². The number of para-hydroxylation sites is 4. The van der Waals surface area contributed by atoms with E-state index in [-0.39, 0.29) is 0 Å². The van der Waals surface area contributed by atoms with Gasteiger partial charge >= 0.3 is 0 Å². The molecule has 0 fully saturated rings. The number of hydrogen-bond donors (Lipinski definition) is 1. The van der Waals surface area contributed by atoms with Crippen LogP contribution >= 0.6 is 0 Å². The number of nitrogens with one attached hydrogen (secondary N) is 1. The molecule has 128 valence electrons. The second kappa shape index (κ2) is 7.23. The second-order valence-electron chi connectivity index (χ2n) is 5.97. The van der Waals surface area contributed by atoms with Crippen LogP contribution in [0, 0.1) is 0 Å². The largest absolute Gasteiger partial charge is 0.495 e. The number of rotatable bonds is 3. The van der Waals surface area contributed by atoms with Crippen molar-refractivity contribution in [1.29, 1.82) is 0 Å². The summed E-state index contributed by atoms with van der Waals surface area (Å²) in [4.78, 5) is 9.70. The molecule has 3 aromatic rings. The van der Waals surface area contributed by atoms with Gasteiger partial charge in [-0.15, -0.1) is 0 Å². The Morgan fingerprint density at radius 2 is 1.42 bits per heavy atom. The van der Waals surface area contributed by atoms with E-state index in [0.717, 1.165) is 39.9 Å². The van der Waals surface area contributed by atoms with Crippen molar-refractivity contribution in [3.05, 3.63) is 84.4 Å². The van der Waals surface area contributed by atoms with E-state index in [1.807, 2.05) is 66.7 Å². The number of aliphatic imine (C=N–C) groups is 2. The molecular weight excluding hydrogens is 322 g/mol. The molecule has 0 saturated carbocycles. The van der Waals surface area contributed by atoms with Gasteiger partial charge in [0.1, 0.15) is 11.6 Å². The fraction of sp³-hybridized carbons (Fsp3) is 0.0909. The van der Waals surface area contributed by atoms with Crippen LogP contribution in [-0.2, 0) is 0 Å². The van der Waals surface area contributed by atoms with E-state index >= 15 is 0 Å². The Bertz CT molecular complexity index is 977. The predicted molar refractivity (Wildman–Crippen MR) is 107 cm³/mol. The van der Waals surface area contributed by atoms with Crippen molar-refractivity contribution in [3.8, 4) is 5.75 Å². The lowest BCUT2D eigenvalue weighted by atomic mass is 10.1. The summed E-state index contributed by atoms with van der Waals surface area (Å²) in [6, 6.07) is 26.0. The van der Waals surface area contributed by atoms with Gasteiger partial charge in [-0.1, -0.05) is 54.6 Å². The van der Waals surface area contributed by atoms with Crippen molar-refractivity contribution < 1.29 is 4.74 Å². The molecule has 0 spiro atoms. The van der Waals surface area contributed by atoms with Gasteiger partial charge in [0.05, 0.1) is 29.9 Å². The molecule has 1 aliphatic heterocycles. The molecule has 1 N–H and O–H groups in total. The van der Waals surface area contributed by atoms with E-state index in [0.29, 0.717) is 6.42 Å². The van der Waals surface area contributed by atoms with Crippen LogP contribution in [0.1, 0.15) is 12.0 Å². The van der Waals surface area contributed by atoms with E-state index in [1.54, 1.807) is 7.11 Å². The summed E-state index contributed by atoms with van der Waals surface area (Å²) in [7, 11) is 1.67. The summed E-state index contributed by atoms with van der Waals surface area (Å²) in [5, 5.41) is 3.43. The molecule has 4 rings (SSSR count). The highest BCUT2D eigenvalue weighted by molar-refractivity contribution is 6.18. The average Bonchev–Trinajstić information content (AvgIpc) is 2.88. The summed E-state index contributed by atoms with van der Waals surface area (Å²) in [6.07, 6.45) is 0.608. The molecule has 1 aliphatic rings. The first-order valence-corrected chi connectivity index (χ1v) is 8.53. The molecule has 0 amide bonds. The number of hydrogen-bond acceptors (Lipinski definition) is 4. The van der Waals surface area contributed by atoms with Gasteiger partial charge in [-0.3, -0.25) is 4.99 Å². The van der Waals surface area contributed by atoms with Gasteiger partial charge in [0.25, 0.3) is 0 Å². The van der Waals surface area contributed by atoms with Gasteiger partial charge in [0.2, 0.25) is 0 Å². The van der Waals surface area contributed by atoms with Crippen molar-refractivity contribution in [2.24, 2.45) is 9.98 Å². The molecule has 3 aromatic carbocycles. The number of benzene rings is 3. The summed E-state index contributed by atoms with van der Waals surface area (Å²) in [5.74, 6) is 1.62. The highest BCUT2D eigenvalue weighted by Gasteiger charge is 2.16. The maximum Gasteiger partial charge on any atom is 0.142 e. The fourth-order valence-corrected chi connectivity index (χ4v) is 2.95. The maximum atomic E-state index is 5.45. The third kappa shape index (κ3) is 3.35. The molecule has 0 unspecified atom stereocenters. The smallest absolute Gasteiger partial charge is 0.142 e.